The average Bonchev–Trinajstić information content (AvgIpc) is 3.23. The summed E-state index contributed by atoms with van der Waals surface area (Å²) in [7, 11) is 0. The first-order valence-corrected chi connectivity index (χ1v) is 17.5. The summed E-state index contributed by atoms with van der Waals surface area (Å²) >= 11 is 13.2. The van der Waals surface area contributed by atoms with Gasteiger partial charge in [-0.05, 0) is 72.0 Å². The molecule has 0 bridgehead atoms. The molecule has 252 valence electrons. The number of rotatable bonds is 9. The number of hydrogen-bond acceptors (Lipinski definition) is 4. The van der Waals surface area contributed by atoms with E-state index < -0.39 is 5.56 Å². The van der Waals surface area contributed by atoms with Crippen molar-refractivity contribution in [1.82, 2.24) is 9.38 Å². The Morgan fingerprint density at radius 1 is 1.02 bits per heavy atom. The van der Waals surface area contributed by atoms with E-state index in [1.54, 1.807) is 24.3 Å². The fraction of sp³-hybridized carbons (Fsp3) is 0.595. The molecular weight excluding hydrogens is 621 g/mol. The lowest BCUT2D eigenvalue weighted by molar-refractivity contribution is -0.152. The molecule has 7 nitrogen and oxygen atoms in total. The molecule has 1 amide bonds. The molecule has 1 saturated carbocycles. The highest BCUT2D eigenvalue weighted by atomic mass is 35.5. The van der Waals surface area contributed by atoms with Gasteiger partial charge in [-0.3, -0.25) is 14.4 Å². The van der Waals surface area contributed by atoms with Crippen LogP contribution in [-0.4, -0.2) is 21.3 Å². The first-order chi connectivity index (χ1) is 21.5. The Labute approximate surface area is 283 Å². The second-order valence-electron chi connectivity index (χ2n) is 15.4. The van der Waals surface area contributed by atoms with Gasteiger partial charge in [-0.1, -0.05) is 110 Å². The van der Waals surface area contributed by atoms with E-state index in [2.05, 4.69) is 65.7 Å². The van der Waals surface area contributed by atoms with Gasteiger partial charge in [0.15, 0.2) is 11.4 Å². The lowest BCUT2D eigenvalue weighted by Gasteiger charge is -2.49. The maximum absolute atomic E-state index is 14.6. The van der Waals surface area contributed by atoms with E-state index in [4.69, 9.17) is 27.9 Å². The second-order valence-corrected chi connectivity index (χ2v) is 16.2. The number of H-pyrrole nitrogens is 1. The van der Waals surface area contributed by atoms with Gasteiger partial charge in [0.25, 0.3) is 5.56 Å². The van der Waals surface area contributed by atoms with Crippen molar-refractivity contribution >= 4 is 46.5 Å². The van der Waals surface area contributed by atoms with E-state index in [0.717, 1.165) is 32.1 Å². The molecule has 1 fully saturated rings. The van der Waals surface area contributed by atoms with Gasteiger partial charge >= 0.3 is 5.97 Å². The number of fused-ring (bicyclic) bond motifs is 1. The van der Waals surface area contributed by atoms with Gasteiger partial charge in [0.05, 0.1) is 11.5 Å². The number of aromatic amines is 1. The number of esters is 1. The summed E-state index contributed by atoms with van der Waals surface area (Å²) in [6.07, 6.45) is 5.20. The van der Waals surface area contributed by atoms with Gasteiger partial charge in [0, 0.05) is 17.0 Å². The van der Waals surface area contributed by atoms with Crippen LogP contribution in [0.5, 0.6) is 5.75 Å². The molecule has 2 aromatic heterocycles. The summed E-state index contributed by atoms with van der Waals surface area (Å²) < 4.78 is 7.76. The predicted molar refractivity (Wildman–Crippen MR) is 189 cm³/mol. The third-order valence-corrected chi connectivity index (χ3v) is 10.5. The number of nitrogens with one attached hydrogen (secondary N) is 2. The molecule has 0 spiro atoms. The number of amides is 1. The van der Waals surface area contributed by atoms with Crippen LogP contribution < -0.4 is 15.6 Å². The highest BCUT2D eigenvalue weighted by molar-refractivity contribution is 6.34. The fourth-order valence-corrected chi connectivity index (χ4v) is 7.74. The number of benzene rings is 1. The smallest absolute Gasteiger partial charge is 0.315 e. The Hall–Kier alpha value is -2.77. The van der Waals surface area contributed by atoms with Gasteiger partial charge in [-0.2, -0.15) is 0 Å². The molecule has 0 radical (unpaired) electrons. The van der Waals surface area contributed by atoms with Crippen molar-refractivity contribution in [3.05, 3.63) is 50.9 Å². The van der Waals surface area contributed by atoms with Crippen molar-refractivity contribution in [1.29, 1.82) is 0 Å². The van der Waals surface area contributed by atoms with E-state index in [1.807, 2.05) is 6.92 Å². The van der Waals surface area contributed by atoms with Gasteiger partial charge < -0.3 is 15.0 Å². The van der Waals surface area contributed by atoms with Crippen LogP contribution in [0.2, 0.25) is 10.2 Å². The number of anilines is 1. The molecule has 0 saturated heterocycles. The number of hydrogen-bond donors (Lipinski definition) is 2. The van der Waals surface area contributed by atoms with Crippen molar-refractivity contribution in [3.63, 3.8) is 0 Å². The molecule has 2 N–H and O–H groups in total. The molecule has 3 aromatic rings. The summed E-state index contributed by atoms with van der Waals surface area (Å²) in [4.78, 5) is 44.6. The zero-order valence-corrected chi connectivity index (χ0v) is 30.4. The second kappa shape index (κ2) is 14.1. The molecule has 3 unspecified atom stereocenters. The van der Waals surface area contributed by atoms with Crippen LogP contribution in [0.25, 0.3) is 16.8 Å². The van der Waals surface area contributed by atoms with Crippen molar-refractivity contribution < 1.29 is 14.3 Å². The number of ether oxygens (including phenoxy) is 1. The number of carbonyl (C=O) groups is 2. The minimum absolute atomic E-state index is 0.0827. The van der Waals surface area contributed by atoms with Crippen LogP contribution in [0.4, 0.5) is 5.82 Å². The van der Waals surface area contributed by atoms with Gasteiger partial charge in [0.2, 0.25) is 5.91 Å². The Morgan fingerprint density at radius 2 is 1.61 bits per heavy atom. The number of aromatic nitrogens is 2. The van der Waals surface area contributed by atoms with E-state index in [1.165, 1.54) is 10.5 Å². The monoisotopic (exact) mass is 671 g/mol. The first kappa shape index (κ1) is 36.1. The molecule has 1 aliphatic carbocycles. The third-order valence-electron chi connectivity index (χ3n) is 9.85. The average molecular weight is 673 g/mol. The normalized spacial score (nSPS) is 21.3. The third kappa shape index (κ3) is 7.68. The summed E-state index contributed by atoms with van der Waals surface area (Å²) in [5.74, 6) is -0.0525. The zero-order chi connectivity index (χ0) is 34.1. The van der Waals surface area contributed by atoms with Crippen molar-refractivity contribution in [2.45, 2.75) is 101 Å². The molecule has 9 heteroatoms. The molecule has 1 aliphatic rings. The summed E-state index contributed by atoms with van der Waals surface area (Å²) in [6, 6.07) is 8.33. The largest absolute Gasteiger partial charge is 0.422 e. The molecule has 4 rings (SSSR count). The summed E-state index contributed by atoms with van der Waals surface area (Å²) in [5, 5.41) is 3.54. The van der Waals surface area contributed by atoms with Crippen LogP contribution in [0.1, 0.15) is 101 Å². The number of unbranched alkanes of at least 4 members (excludes halogenated alkanes) is 1. The highest BCUT2D eigenvalue weighted by Crippen LogP contribution is 2.53. The Kier molecular flexibility index (Phi) is 11.1. The topological polar surface area (TPSA) is 92.7 Å². The van der Waals surface area contributed by atoms with Crippen LogP contribution >= 0.6 is 23.2 Å². The van der Waals surface area contributed by atoms with Gasteiger partial charge in [-0.15, -0.1) is 0 Å². The SMILES string of the molecule is CCCCC(CC)C(=O)Nc1cc(=O)n2c(Cl)c(-c3ccc(Cl)cc3)c(OC(=O)C3C(C(C)(C)C)CC(C)CC3C(C)(C)C)c2[nH]1. The molecule has 46 heavy (non-hydrogen) atoms. The van der Waals surface area contributed by atoms with E-state index in [9.17, 15) is 14.4 Å². The van der Waals surface area contributed by atoms with Crippen LogP contribution in [0, 0.1) is 40.4 Å². The maximum atomic E-state index is 14.6. The van der Waals surface area contributed by atoms with Gasteiger partial charge in [-0.25, -0.2) is 4.40 Å². The molecule has 1 aromatic carbocycles. The first-order valence-electron chi connectivity index (χ1n) is 16.7. The molecular formula is C37H51Cl2N3O4. The number of halogens is 2. The van der Waals surface area contributed by atoms with Crippen LogP contribution in [0.3, 0.4) is 0 Å². The molecule has 0 aliphatic heterocycles. The zero-order valence-electron chi connectivity index (χ0n) is 28.9. The predicted octanol–water partition coefficient (Wildman–Crippen LogP) is 10.0. The number of carbonyl (C=O) groups excluding carboxylic acids is 2. The quantitative estimate of drug-likeness (QED) is 0.221. The minimum Gasteiger partial charge on any atom is -0.422 e. The highest BCUT2D eigenvalue weighted by Gasteiger charge is 2.50. The van der Waals surface area contributed by atoms with E-state index in [0.29, 0.717) is 28.5 Å². The standard InChI is InChI=1S/C37H51Cl2N3O4/c1-10-12-13-22(11-2)34(44)41-27-20-28(43)42-32(39)29(23-14-16-24(38)17-15-23)31(33(42)40-27)46-35(45)30-25(36(4,5)6)18-21(3)19-26(30)37(7,8)9/h14-17,20-22,25-26,30,40H,10-13,18-19H2,1-9H3,(H,41,44). The lowest BCUT2D eigenvalue weighted by Crippen LogP contribution is -2.48. The molecule has 3 atom stereocenters. The van der Waals surface area contributed by atoms with Crippen LogP contribution in [-0.2, 0) is 9.59 Å². The summed E-state index contributed by atoms with van der Waals surface area (Å²) in [6.45, 7) is 19.5. The Morgan fingerprint density at radius 3 is 2.13 bits per heavy atom. The van der Waals surface area contributed by atoms with Crippen molar-refractivity contribution in [2.75, 3.05) is 5.32 Å². The van der Waals surface area contributed by atoms with E-state index in [-0.39, 0.29) is 68.7 Å². The van der Waals surface area contributed by atoms with Crippen molar-refractivity contribution in [2.24, 2.45) is 40.4 Å². The van der Waals surface area contributed by atoms with Crippen LogP contribution in [0.15, 0.2) is 35.1 Å². The lowest BCUT2D eigenvalue weighted by atomic mass is 9.55. The Bertz CT molecular complexity index is 1590. The Balaban J connectivity index is 1.88. The summed E-state index contributed by atoms with van der Waals surface area (Å²) in [5.41, 5.74) is 0.515. The minimum atomic E-state index is -0.459. The van der Waals surface area contributed by atoms with Crippen molar-refractivity contribution in [3.8, 4) is 16.9 Å². The van der Waals surface area contributed by atoms with Gasteiger partial charge in [0.1, 0.15) is 11.0 Å². The maximum Gasteiger partial charge on any atom is 0.315 e. The van der Waals surface area contributed by atoms with E-state index >= 15 is 0 Å². The fourth-order valence-electron chi connectivity index (χ4n) is 7.25. The number of nitrogens with zero attached hydrogens (tertiary/aromatic N) is 1. The molecule has 2 heterocycles.